The molecule has 4 rings (SSSR count). The summed E-state index contributed by atoms with van der Waals surface area (Å²) in [6.07, 6.45) is 6.69. The van der Waals surface area contributed by atoms with Crippen molar-refractivity contribution in [2.45, 2.75) is 145 Å². The predicted molar refractivity (Wildman–Crippen MR) is 227 cm³/mol. The van der Waals surface area contributed by atoms with E-state index in [1.165, 1.54) is 12.1 Å². The van der Waals surface area contributed by atoms with Crippen molar-refractivity contribution in [3.05, 3.63) is 70.3 Å². The van der Waals surface area contributed by atoms with Crippen LogP contribution in [0.5, 0.6) is 0 Å². The first-order valence-corrected chi connectivity index (χ1v) is 20.5. The normalized spacial score (nSPS) is 16.0. The molecule has 2 heterocycles. The van der Waals surface area contributed by atoms with Crippen molar-refractivity contribution in [1.29, 1.82) is 0 Å². The highest BCUT2D eigenvalue weighted by atomic mass is 19.1. The van der Waals surface area contributed by atoms with Crippen LogP contribution >= 0.6 is 0 Å². The van der Waals surface area contributed by atoms with E-state index in [4.69, 9.17) is 15.2 Å². The van der Waals surface area contributed by atoms with E-state index in [2.05, 4.69) is 46.5 Å². The Hall–Kier alpha value is -3.86. The Bertz CT molecular complexity index is 1600. The van der Waals surface area contributed by atoms with Gasteiger partial charge in [-0.15, -0.1) is 0 Å². The summed E-state index contributed by atoms with van der Waals surface area (Å²) in [5.41, 5.74) is 7.40. The van der Waals surface area contributed by atoms with Gasteiger partial charge >= 0.3 is 12.2 Å². The maximum atomic E-state index is 14.6. The molecule has 0 aromatic heterocycles. The number of carbonyl (C=O) groups excluding carboxylic acids is 3. The Labute approximate surface area is 342 Å². The summed E-state index contributed by atoms with van der Waals surface area (Å²) in [6, 6.07) is 9.73. The van der Waals surface area contributed by atoms with Crippen molar-refractivity contribution in [1.82, 2.24) is 9.80 Å². The third-order valence-electron chi connectivity index (χ3n) is 9.53. The van der Waals surface area contributed by atoms with Gasteiger partial charge in [0, 0.05) is 50.1 Å². The topological polar surface area (TPSA) is 115 Å². The van der Waals surface area contributed by atoms with Crippen molar-refractivity contribution in [3.8, 4) is 0 Å². The third-order valence-corrected chi connectivity index (χ3v) is 9.53. The van der Waals surface area contributed by atoms with Crippen LogP contribution in [0.15, 0.2) is 41.4 Å². The molecule has 0 atom stereocenters. The number of likely N-dealkylation sites (tertiary alicyclic amines) is 2. The molecule has 0 saturated carbocycles. The molecule has 0 spiro atoms. The van der Waals surface area contributed by atoms with Gasteiger partial charge in [0.25, 0.3) is 0 Å². The van der Waals surface area contributed by atoms with Crippen molar-refractivity contribution < 1.29 is 32.6 Å². The SMILES string of the molecule is CC(C)(C)CCN.CC(C)(C)CCN=Cc1cccc(F)c1C1CCN(C(=O)OC(C)(C)C)CC1.CC(C)(C)OC(=O)N1CCC(c2c(F)cccc2C=O)CC1. The van der Waals surface area contributed by atoms with Gasteiger partial charge in [-0.05, 0) is 133 Å². The fourth-order valence-electron chi connectivity index (χ4n) is 6.53. The van der Waals surface area contributed by atoms with E-state index < -0.39 is 11.2 Å². The zero-order valence-electron chi connectivity index (χ0n) is 37.0. The van der Waals surface area contributed by atoms with E-state index in [0.29, 0.717) is 61.8 Å². The summed E-state index contributed by atoms with van der Waals surface area (Å²) in [5.74, 6) is -0.486. The van der Waals surface area contributed by atoms with E-state index in [-0.39, 0.29) is 41.1 Å². The summed E-state index contributed by atoms with van der Waals surface area (Å²) < 4.78 is 39.5. The summed E-state index contributed by atoms with van der Waals surface area (Å²) in [6.45, 7) is 27.9. The van der Waals surface area contributed by atoms with Gasteiger partial charge in [0.1, 0.15) is 29.1 Å². The van der Waals surface area contributed by atoms with E-state index in [0.717, 1.165) is 49.9 Å². The first-order valence-electron chi connectivity index (χ1n) is 20.5. The van der Waals surface area contributed by atoms with E-state index >= 15 is 0 Å². The Morgan fingerprint density at radius 3 is 1.40 bits per heavy atom. The Kier molecular flexibility index (Phi) is 18.8. The van der Waals surface area contributed by atoms with Gasteiger partial charge < -0.3 is 25.0 Å². The average molecular weight is 799 g/mol. The lowest BCUT2D eigenvalue weighted by atomic mass is 9.86. The van der Waals surface area contributed by atoms with Gasteiger partial charge in [-0.1, -0.05) is 65.8 Å². The molecule has 2 aliphatic heterocycles. The number of piperidine rings is 2. The van der Waals surface area contributed by atoms with Crippen LogP contribution in [0.4, 0.5) is 18.4 Å². The number of amides is 2. The summed E-state index contributed by atoms with van der Waals surface area (Å²) in [7, 11) is 0. The molecule has 2 aromatic rings. The molecule has 2 N–H and O–H groups in total. The lowest BCUT2D eigenvalue weighted by Gasteiger charge is -2.34. The molecule has 9 nitrogen and oxygen atoms in total. The maximum absolute atomic E-state index is 14.6. The van der Waals surface area contributed by atoms with Crippen LogP contribution in [-0.2, 0) is 9.47 Å². The molecule has 2 aromatic carbocycles. The zero-order chi connectivity index (χ0) is 43.2. The molecule has 2 fully saturated rings. The number of benzene rings is 2. The monoisotopic (exact) mass is 799 g/mol. The van der Waals surface area contributed by atoms with Gasteiger partial charge in [0.15, 0.2) is 0 Å². The Morgan fingerprint density at radius 2 is 1.07 bits per heavy atom. The standard InChI is InChI=1S/C23H35FN2O2.C17H22FNO3.C6H15N/c1-22(2,3)12-13-25-16-18-8-7-9-19(24)20(18)17-10-14-26(15-11-17)21(27)28-23(4,5)6;1-17(2,3)22-16(21)19-9-7-12(8-10-19)15-13(11-20)5-4-6-14(15)18;1-6(2,3)4-5-7/h7-9,16-17H,10-15H2,1-6H3;4-6,11-12H,7-10H2,1-3H3;4-5,7H2,1-3H3. The highest BCUT2D eigenvalue weighted by Gasteiger charge is 2.31. The molecule has 57 heavy (non-hydrogen) atoms. The van der Waals surface area contributed by atoms with Crippen molar-refractivity contribution >= 4 is 24.7 Å². The minimum Gasteiger partial charge on any atom is -0.444 e. The Balaban J connectivity index is 0.000000344. The molecule has 320 valence electrons. The number of aliphatic imine (C=N–C) groups is 1. The number of nitrogens with zero attached hydrogens (tertiary/aromatic N) is 3. The molecular weight excluding hydrogens is 727 g/mol. The quantitative estimate of drug-likeness (QED) is 0.220. The van der Waals surface area contributed by atoms with Crippen LogP contribution < -0.4 is 5.73 Å². The van der Waals surface area contributed by atoms with Crippen LogP contribution in [-0.4, -0.2) is 85.0 Å². The average Bonchev–Trinajstić information content (AvgIpc) is 3.08. The second-order valence-corrected chi connectivity index (χ2v) is 19.5. The van der Waals surface area contributed by atoms with Crippen molar-refractivity contribution in [3.63, 3.8) is 0 Å². The van der Waals surface area contributed by atoms with E-state index in [9.17, 15) is 23.2 Å². The maximum Gasteiger partial charge on any atom is 0.410 e. The van der Waals surface area contributed by atoms with Gasteiger partial charge in [-0.3, -0.25) is 9.79 Å². The number of ether oxygens (including phenoxy) is 2. The summed E-state index contributed by atoms with van der Waals surface area (Å²) in [5, 5.41) is 0. The second kappa shape index (κ2) is 21.8. The van der Waals surface area contributed by atoms with E-state index in [1.807, 2.05) is 53.8 Å². The van der Waals surface area contributed by atoms with Crippen molar-refractivity contribution in [2.24, 2.45) is 21.6 Å². The molecule has 0 aliphatic carbocycles. The Morgan fingerprint density at radius 1 is 0.684 bits per heavy atom. The predicted octanol–water partition coefficient (Wildman–Crippen LogP) is 10.9. The molecular formula is C46H72F2N4O5. The zero-order valence-corrected chi connectivity index (χ0v) is 37.0. The molecule has 2 aliphatic rings. The van der Waals surface area contributed by atoms with Gasteiger partial charge in [-0.25, -0.2) is 18.4 Å². The van der Waals surface area contributed by atoms with Crippen LogP contribution in [0, 0.1) is 22.5 Å². The molecule has 11 heteroatoms. The molecule has 0 radical (unpaired) electrons. The van der Waals surface area contributed by atoms with E-state index in [1.54, 1.807) is 28.0 Å². The summed E-state index contributed by atoms with van der Waals surface area (Å²) in [4.78, 5) is 43.3. The lowest BCUT2D eigenvalue weighted by molar-refractivity contribution is 0.0193. The molecule has 0 bridgehead atoms. The summed E-state index contributed by atoms with van der Waals surface area (Å²) >= 11 is 0. The van der Waals surface area contributed by atoms with Crippen LogP contribution in [0.25, 0.3) is 0 Å². The number of hydrogen-bond donors (Lipinski definition) is 1. The van der Waals surface area contributed by atoms with Crippen molar-refractivity contribution in [2.75, 3.05) is 39.3 Å². The molecule has 0 unspecified atom stereocenters. The van der Waals surface area contributed by atoms with Gasteiger partial charge in [0.05, 0.1) is 0 Å². The number of halogens is 2. The first kappa shape index (κ1) is 49.3. The lowest BCUT2D eigenvalue weighted by Crippen LogP contribution is -2.41. The largest absolute Gasteiger partial charge is 0.444 e. The number of hydrogen-bond acceptors (Lipinski definition) is 7. The number of aldehydes is 1. The number of rotatable bonds is 7. The van der Waals surface area contributed by atoms with Crippen LogP contribution in [0.3, 0.4) is 0 Å². The second-order valence-electron chi connectivity index (χ2n) is 19.5. The minimum atomic E-state index is -0.524. The highest BCUT2D eigenvalue weighted by molar-refractivity contribution is 5.82. The number of carbonyl (C=O) groups is 3. The smallest absolute Gasteiger partial charge is 0.410 e. The number of nitrogens with two attached hydrogens (primary N) is 1. The first-order chi connectivity index (χ1) is 26.3. The fourth-order valence-corrected chi connectivity index (χ4v) is 6.53. The van der Waals surface area contributed by atoms with Crippen LogP contribution in [0.2, 0.25) is 0 Å². The minimum absolute atomic E-state index is 0.0416. The van der Waals surface area contributed by atoms with Crippen LogP contribution in [0.1, 0.15) is 160 Å². The third kappa shape index (κ3) is 18.5. The van der Waals surface area contributed by atoms with Gasteiger partial charge in [0.2, 0.25) is 0 Å². The highest BCUT2D eigenvalue weighted by Crippen LogP contribution is 2.34. The molecule has 2 amide bonds. The van der Waals surface area contributed by atoms with Gasteiger partial charge in [-0.2, -0.15) is 0 Å². The molecule has 2 saturated heterocycles. The fraction of sp³-hybridized carbons (Fsp3) is 0.652.